The van der Waals surface area contributed by atoms with Crippen molar-refractivity contribution in [2.24, 2.45) is 5.73 Å². The van der Waals surface area contributed by atoms with Crippen LogP contribution < -0.4 is 5.73 Å². The molecule has 2 aromatic heterocycles. The van der Waals surface area contributed by atoms with Crippen LogP contribution in [0.2, 0.25) is 0 Å². The summed E-state index contributed by atoms with van der Waals surface area (Å²) in [6.45, 7) is 2.57. The highest BCUT2D eigenvalue weighted by atomic mass is 15.0. The molecule has 0 spiro atoms. The molecule has 0 unspecified atom stereocenters. The van der Waals surface area contributed by atoms with E-state index in [1.165, 1.54) is 0 Å². The molecular weight excluding hydrogens is 164 g/mol. The van der Waals surface area contributed by atoms with Gasteiger partial charge < -0.3 is 5.73 Å². The van der Waals surface area contributed by atoms with Crippen LogP contribution in [0.3, 0.4) is 0 Å². The second-order valence-electron chi connectivity index (χ2n) is 2.94. The van der Waals surface area contributed by atoms with Crippen molar-refractivity contribution in [3.8, 4) is 0 Å². The molecule has 0 amide bonds. The summed E-state index contributed by atoms with van der Waals surface area (Å²) in [5.74, 6) is 0. The van der Waals surface area contributed by atoms with Crippen LogP contribution in [-0.2, 0) is 13.0 Å². The summed E-state index contributed by atoms with van der Waals surface area (Å²) in [7, 11) is 0. The van der Waals surface area contributed by atoms with Crippen molar-refractivity contribution in [2.45, 2.75) is 19.9 Å². The zero-order valence-corrected chi connectivity index (χ0v) is 7.57. The van der Waals surface area contributed by atoms with Gasteiger partial charge in [-0.1, -0.05) is 6.92 Å². The molecule has 2 aromatic rings. The maximum atomic E-state index is 5.51. The second-order valence-corrected chi connectivity index (χ2v) is 2.94. The van der Waals surface area contributed by atoms with Gasteiger partial charge in [0.05, 0.1) is 5.69 Å². The van der Waals surface area contributed by atoms with E-state index < -0.39 is 0 Å². The van der Waals surface area contributed by atoms with Gasteiger partial charge in [-0.15, -0.1) is 0 Å². The molecule has 2 N–H and O–H groups in total. The summed E-state index contributed by atoms with van der Waals surface area (Å²) < 4.78 is 1.92. The maximum Gasteiger partial charge on any atom is 0.143 e. The highest BCUT2D eigenvalue weighted by molar-refractivity contribution is 5.47. The monoisotopic (exact) mass is 176 g/mol. The largest absolute Gasteiger partial charge is 0.325 e. The number of aryl methyl sites for hydroxylation is 1. The Balaban J connectivity index is 2.67. The summed E-state index contributed by atoms with van der Waals surface area (Å²) >= 11 is 0. The number of aromatic nitrogens is 3. The van der Waals surface area contributed by atoms with E-state index in [0.717, 1.165) is 23.3 Å². The average molecular weight is 176 g/mol. The minimum Gasteiger partial charge on any atom is -0.325 e. The lowest BCUT2D eigenvalue weighted by atomic mass is 10.2. The molecule has 0 aliphatic rings. The Hall–Kier alpha value is -1.42. The Labute approximate surface area is 76.4 Å². The Kier molecular flexibility index (Phi) is 1.98. The average Bonchev–Trinajstić information content (AvgIpc) is 2.59. The third-order valence-corrected chi connectivity index (χ3v) is 2.08. The number of imidazole rings is 1. The summed E-state index contributed by atoms with van der Waals surface area (Å²) in [6.07, 6.45) is 6.46. The lowest BCUT2D eigenvalue weighted by molar-refractivity contribution is 1.01. The zero-order valence-electron chi connectivity index (χ0n) is 7.57. The van der Waals surface area contributed by atoms with Gasteiger partial charge in [0.15, 0.2) is 0 Å². The van der Waals surface area contributed by atoms with Crippen molar-refractivity contribution < 1.29 is 0 Å². The van der Waals surface area contributed by atoms with E-state index in [1.807, 2.05) is 16.8 Å². The van der Waals surface area contributed by atoms with E-state index in [9.17, 15) is 0 Å². The molecule has 0 saturated carbocycles. The molecule has 68 valence electrons. The van der Waals surface area contributed by atoms with E-state index in [0.29, 0.717) is 6.54 Å². The van der Waals surface area contributed by atoms with E-state index in [2.05, 4.69) is 16.9 Å². The minimum atomic E-state index is 0.477. The lowest BCUT2D eigenvalue weighted by Crippen LogP contribution is -1.95. The summed E-state index contributed by atoms with van der Waals surface area (Å²) in [4.78, 5) is 8.51. The smallest absolute Gasteiger partial charge is 0.143 e. The number of fused-ring (bicyclic) bond motifs is 1. The number of nitrogens with two attached hydrogens (primary N) is 1. The van der Waals surface area contributed by atoms with Gasteiger partial charge in [0, 0.05) is 24.5 Å². The zero-order chi connectivity index (χ0) is 9.26. The van der Waals surface area contributed by atoms with Crippen molar-refractivity contribution in [3.05, 3.63) is 30.0 Å². The van der Waals surface area contributed by atoms with Gasteiger partial charge in [0.1, 0.15) is 12.0 Å². The fourth-order valence-corrected chi connectivity index (χ4v) is 1.37. The number of hydrogen-bond donors (Lipinski definition) is 1. The van der Waals surface area contributed by atoms with Gasteiger partial charge in [0.25, 0.3) is 0 Å². The fourth-order valence-electron chi connectivity index (χ4n) is 1.37. The van der Waals surface area contributed by atoms with Gasteiger partial charge in [0.2, 0.25) is 0 Å². The van der Waals surface area contributed by atoms with Gasteiger partial charge in [-0.3, -0.25) is 4.40 Å². The molecule has 4 nitrogen and oxygen atoms in total. The molecule has 0 radical (unpaired) electrons. The fraction of sp³-hybridized carbons (Fsp3) is 0.333. The van der Waals surface area contributed by atoms with Gasteiger partial charge in [-0.05, 0) is 6.42 Å². The number of nitrogens with zero attached hydrogens (tertiary/aromatic N) is 3. The molecular formula is C9H12N4. The van der Waals surface area contributed by atoms with Crippen LogP contribution in [0.4, 0.5) is 0 Å². The lowest BCUT2D eigenvalue weighted by Gasteiger charge is -1.96. The Morgan fingerprint density at radius 1 is 1.54 bits per heavy atom. The molecule has 0 aromatic carbocycles. The third kappa shape index (κ3) is 1.29. The van der Waals surface area contributed by atoms with Crippen LogP contribution in [0.15, 0.2) is 18.7 Å². The number of hydrogen-bond acceptors (Lipinski definition) is 3. The van der Waals surface area contributed by atoms with Crippen LogP contribution in [0, 0.1) is 0 Å². The van der Waals surface area contributed by atoms with Gasteiger partial charge in [-0.25, -0.2) is 9.97 Å². The quantitative estimate of drug-likeness (QED) is 0.734. The van der Waals surface area contributed by atoms with Crippen molar-refractivity contribution >= 4 is 5.65 Å². The third-order valence-electron chi connectivity index (χ3n) is 2.08. The SMILES string of the molecule is CCc1cncn2cc(CN)nc12. The van der Waals surface area contributed by atoms with E-state index >= 15 is 0 Å². The molecule has 0 atom stereocenters. The topological polar surface area (TPSA) is 56.2 Å². The maximum absolute atomic E-state index is 5.51. The molecule has 13 heavy (non-hydrogen) atoms. The molecule has 0 fully saturated rings. The molecule has 0 aliphatic carbocycles. The van der Waals surface area contributed by atoms with E-state index in [4.69, 9.17) is 5.73 Å². The van der Waals surface area contributed by atoms with Crippen molar-refractivity contribution in [1.82, 2.24) is 14.4 Å². The highest BCUT2D eigenvalue weighted by Gasteiger charge is 2.03. The minimum absolute atomic E-state index is 0.477. The highest BCUT2D eigenvalue weighted by Crippen LogP contribution is 2.09. The van der Waals surface area contributed by atoms with Crippen molar-refractivity contribution in [1.29, 1.82) is 0 Å². The number of rotatable bonds is 2. The molecule has 0 aliphatic heterocycles. The Bertz CT molecular complexity index is 418. The van der Waals surface area contributed by atoms with E-state index in [-0.39, 0.29) is 0 Å². The molecule has 0 saturated heterocycles. The molecule has 4 heteroatoms. The van der Waals surface area contributed by atoms with Crippen LogP contribution in [-0.4, -0.2) is 14.4 Å². The van der Waals surface area contributed by atoms with Crippen LogP contribution in [0.5, 0.6) is 0 Å². The normalized spacial score (nSPS) is 10.9. The first-order valence-electron chi connectivity index (χ1n) is 4.35. The van der Waals surface area contributed by atoms with E-state index in [1.54, 1.807) is 6.33 Å². The van der Waals surface area contributed by atoms with Crippen molar-refractivity contribution in [3.63, 3.8) is 0 Å². The Morgan fingerprint density at radius 3 is 3.08 bits per heavy atom. The van der Waals surface area contributed by atoms with Crippen LogP contribution in [0.25, 0.3) is 5.65 Å². The Morgan fingerprint density at radius 2 is 2.38 bits per heavy atom. The summed E-state index contributed by atoms with van der Waals surface area (Å²) in [6, 6.07) is 0. The van der Waals surface area contributed by atoms with Crippen molar-refractivity contribution in [2.75, 3.05) is 0 Å². The molecule has 0 bridgehead atoms. The summed E-state index contributed by atoms with van der Waals surface area (Å²) in [5, 5.41) is 0. The second kappa shape index (κ2) is 3.14. The first-order valence-corrected chi connectivity index (χ1v) is 4.35. The summed E-state index contributed by atoms with van der Waals surface area (Å²) in [5.41, 5.74) is 8.54. The predicted molar refractivity (Wildman–Crippen MR) is 50.3 cm³/mol. The van der Waals surface area contributed by atoms with Gasteiger partial charge >= 0.3 is 0 Å². The first kappa shape index (κ1) is 8.19. The van der Waals surface area contributed by atoms with Crippen LogP contribution >= 0.6 is 0 Å². The van der Waals surface area contributed by atoms with Gasteiger partial charge in [-0.2, -0.15) is 0 Å². The molecule has 2 heterocycles. The van der Waals surface area contributed by atoms with Crippen LogP contribution in [0.1, 0.15) is 18.2 Å². The predicted octanol–water partition coefficient (Wildman–Crippen LogP) is 0.750. The molecule has 2 rings (SSSR count). The standard InChI is InChI=1S/C9H12N4/c1-2-7-4-11-6-13-5-8(3-10)12-9(7)13/h4-6H,2-3,10H2,1H3. The first-order chi connectivity index (χ1) is 6.35.